The van der Waals surface area contributed by atoms with Gasteiger partial charge in [0.1, 0.15) is 110 Å². The molecule has 144 heavy (non-hydrogen) atoms. The van der Waals surface area contributed by atoms with Crippen LogP contribution in [-0.4, -0.2) is 392 Å². The third-order valence-corrected chi connectivity index (χ3v) is 26.6. The van der Waals surface area contributed by atoms with Gasteiger partial charge in [-0.15, -0.1) is 0 Å². The lowest BCUT2D eigenvalue weighted by Gasteiger charge is -2.48. The number of Topliss-reactive ketones (excluding diaryl/α,β-unsaturated/α-hetero) is 1. The molecule has 12 unspecified atom stereocenters. The Morgan fingerprint density at radius 3 is 1.20 bits per heavy atom. The van der Waals surface area contributed by atoms with E-state index in [1.165, 1.54) is 62.4 Å². The highest BCUT2D eigenvalue weighted by Gasteiger charge is 2.58. The van der Waals surface area contributed by atoms with Gasteiger partial charge in [0.2, 0.25) is 5.91 Å². The molecule has 0 bridgehead atoms. The number of methoxy groups -OCH3 is 2. The summed E-state index contributed by atoms with van der Waals surface area (Å²) >= 11 is 0. The van der Waals surface area contributed by atoms with Crippen molar-refractivity contribution >= 4 is 65.0 Å². The number of rotatable bonds is 46. The molecule has 4 saturated heterocycles. The third-order valence-electron chi connectivity index (χ3n) is 26.6. The highest BCUT2D eigenvalue weighted by atomic mass is 16.8. The molecule has 12 rings (SSSR count). The van der Waals surface area contributed by atoms with E-state index >= 15 is 0 Å². The van der Waals surface area contributed by atoms with Crippen molar-refractivity contribution in [3.63, 3.8) is 0 Å². The quantitative estimate of drug-likeness (QED) is 0.0114. The van der Waals surface area contributed by atoms with E-state index in [1.807, 2.05) is 9.97 Å². The van der Waals surface area contributed by atoms with Gasteiger partial charge in [0.05, 0.1) is 127 Å². The van der Waals surface area contributed by atoms with E-state index in [-0.39, 0.29) is 107 Å². The molecule has 4 aromatic rings. The lowest BCUT2D eigenvalue weighted by molar-refractivity contribution is -0.347. The molecule has 2 aromatic carbocycles. The number of hydrogen-bond donors (Lipinski definition) is 19. The number of amides is 3. The fourth-order valence-electron chi connectivity index (χ4n) is 19.0. The fraction of sp³-hybridized carbons (Fsp3) is 0.677. The molecule has 798 valence electrons. The van der Waals surface area contributed by atoms with Crippen molar-refractivity contribution in [1.29, 1.82) is 0 Å². The van der Waals surface area contributed by atoms with Crippen LogP contribution in [0.5, 0.6) is 0 Å². The Balaban J connectivity index is 0.629. The molecule has 51 heteroatoms. The Morgan fingerprint density at radius 2 is 0.819 bits per heavy atom. The zero-order valence-corrected chi connectivity index (χ0v) is 79.3. The summed E-state index contributed by atoms with van der Waals surface area (Å²) in [5.41, 5.74) is -5.05. The Hall–Kier alpha value is -10.3. The molecule has 6 heterocycles. The number of carboxylic acids is 2. The standard InChI is InChI=1S/C93H127N7O44/c1-42-66(107)70(111)72(113)88(133-42)143-74-53(95-80(115)55-36-63(104)99-92(125)97-55)32-49(84(121)127-3)34-57(74)137-90-78(76(68(109)61(38-101)139-90)135-59(82(117)118)30-44-11-7-5-8-12-44)141-86(123)47-17-15-46(16-18-47)29-52(103)40-131-27-25-129-23-24-130-26-28-132-41-65(106)94-51-21-19-48(20-22-51)87(124)142-79-77(136-60(83(119)120)31-45-13-9-6-10-14-45)69(110)62(39-102)140-91(79)138-58-35-50(85(122)128-4)33-54(96-81(116)56-37-64(105)100-93(126)98-56)75(58)144-89-73(114)71(112)67(108)43(2)134-89/h15-22,36-37,42-45,49-50,53-54,57-62,66-79,88-91,101-102,107-114H,5-14,23-35,38-41H2,1-4H3,(H,94,106)(H,95,115)(H,96,116)(H,117,118)(H,119,120)(H2,97,99,104,125)(H2,98,100,105,126)/t42?,43?,49?,50?,53?,54?,57-,58-,59+,60+,61+,62+,66-,67-,68+,69+,70+,71+,72?,73?,74-,75-,76?,77?,78?,79?,88+,89+,90-,91-/m1/s1. The van der Waals surface area contributed by atoms with Crippen LogP contribution in [0.1, 0.15) is 164 Å². The molecular formula is C93H127N7O44. The summed E-state index contributed by atoms with van der Waals surface area (Å²) in [4.78, 5) is 195. The van der Waals surface area contributed by atoms with Gasteiger partial charge < -0.3 is 172 Å². The second-order valence-electron chi connectivity index (χ2n) is 36.8. The first-order valence-electron chi connectivity index (χ1n) is 47.7. The van der Waals surface area contributed by atoms with Crippen molar-refractivity contribution in [2.75, 3.05) is 85.6 Å². The zero-order valence-electron chi connectivity index (χ0n) is 79.3. The van der Waals surface area contributed by atoms with Crippen molar-refractivity contribution in [1.82, 2.24) is 30.6 Å². The van der Waals surface area contributed by atoms with Gasteiger partial charge in [-0.05, 0) is 106 Å². The molecule has 8 fully saturated rings. The van der Waals surface area contributed by atoms with Gasteiger partial charge in [-0.3, -0.25) is 48.3 Å². The summed E-state index contributed by atoms with van der Waals surface area (Å²) in [6.45, 7) is -0.0137. The summed E-state index contributed by atoms with van der Waals surface area (Å²) in [6, 6.07) is 9.14. The number of ether oxygens (including phenoxy) is 18. The normalized spacial score (nSPS) is 31.6. The first kappa shape index (κ1) is 112. The number of aromatic nitrogens is 4. The summed E-state index contributed by atoms with van der Waals surface area (Å²) in [7, 11) is 2.13. The number of carbonyl (C=O) groups excluding carboxylic acids is 8. The molecule has 4 aliphatic heterocycles. The van der Waals surface area contributed by atoms with Crippen LogP contribution in [0.4, 0.5) is 5.69 Å². The molecule has 8 aliphatic rings. The van der Waals surface area contributed by atoms with Crippen molar-refractivity contribution < 1.29 is 194 Å². The number of aliphatic hydroxyl groups is 10. The van der Waals surface area contributed by atoms with Crippen LogP contribution in [0.2, 0.25) is 0 Å². The smallest absolute Gasteiger partial charge is 0.338 e. The number of nitrogens with one attached hydrogen (secondary N) is 7. The van der Waals surface area contributed by atoms with Crippen molar-refractivity contribution in [3.05, 3.63) is 130 Å². The van der Waals surface area contributed by atoms with Crippen molar-refractivity contribution in [2.45, 2.75) is 295 Å². The van der Waals surface area contributed by atoms with Gasteiger partial charge in [-0.1, -0.05) is 76.3 Å². The van der Waals surface area contributed by atoms with Crippen molar-refractivity contribution in [3.8, 4) is 0 Å². The zero-order chi connectivity index (χ0) is 104. The third kappa shape index (κ3) is 30.3. The lowest BCUT2D eigenvalue weighted by Crippen LogP contribution is -2.65. The number of hydrogen-bond acceptors (Lipinski definition) is 42. The summed E-state index contributed by atoms with van der Waals surface area (Å²) in [5, 5.41) is 140. The second-order valence-corrected chi connectivity index (χ2v) is 36.8. The largest absolute Gasteiger partial charge is 0.479 e. The minimum absolute atomic E-state index is 0.0111. The lowest BCUT2D eigenvalue weighted by atomic mass is 9.81. The van der Waals surface area contributed by atoms with Gasteiger partial charge in [0, 0.05) is 24.2 Å². The molecule has 0 radical (unpaired) electrons. The minimum Gasteiger partial charge on any atom is -0.479 e. The maximum Gasteiger partial charge on any atom is 0.338 e. The van der Waals surface area contributed by atoms with Gasteiger partial charge in [-0.2, -0.15) is 0 Å². The molecule has 0 spiro atoms. The second kappa shape index (κ2) is 53.4. The van der Waals surface area contributed by atoms with Crippen molar-refractivity contribution in [2.24, 2.45) is 23.7 Å². The number of benzene rings is 2. The molecule has 4 aliphatic carbocycles. The SMILES string of the molecule is COC(=O)C1CC(NC(=O)c2cc(=O)[nH]c(=O)[nH]2)[C@@H](O[C@@H]2OC(C)[C@@H](O)[C@H](O)C2O)[C@H](O[C@@H]2O[C@@H](CO)[C@H](O)C(O[C@@H](CC3CCCCC3)C(=O)O)C2OC(=O)c2ccc(CC(=O)COCCOCCOCCOCC(=O)Nc3ccc(C(=O)OC4C(O[C@@H](CC5CCCCC5)C(=O)O)[C@@H](O)[C@H](CO)O[C@H]4O[C@@H]4CC(C(=O)OC)CC(NC(=O)c5cc(=O)[nH]c(=O)[nH]5)[C@H]4O[C@@H]4OC(C)[C@@H](O)[C@H](O)C4O)cc3)cc2)C1. The van der Waals surface area contributed by atoms with Crippen LogP contribution in [0, 0.1) is 23.7 Å². The topological polar surface area (TPSA) is 747 Å². The molecule has 51 nitrogen and oxygen atoms in total. The fourth-order valence-corrected chi connectivity index (χ4v) is 19.0. The Labute approximate surface area is 821 Å². The van der Waals surface area contributed by atoms with Gasteiger partial charge in [0.15, 0.2) is 55.4 Å². The summed E-state index contributed by atoms with van der Waals surface area (Å²) < 4.78 is 107. The monoisotopic (exact) mass is 2050 g/mol. The van der Waals surface area contributed by atoms with Crippen LogP contribution >= 0.6 is 0 Å². The number of carboxylic acid groups (broad SMARTS) is 2. The first-order valence-corrected chi connectivity index (χ1v) is 47.7. The molecule has 2 aromatic heterocycles. The Bertz CT molecular complexity index is 4800. The number of aliphatic carboxylic acids is 2. The van der Waals surface area contributed by atoms with Crippen LogP contribution in [-0.2, 0) is 120 Å². The predicted molar refractivity (Wildman–Crippen MR) is 482 cm³/mol. The molecule has 19 N–H and O–H groups in total. The van der Waals surface area contributed by atoms with Crippen LogP contribution in [0.3, 0.4) is 0 Å². The maximum atomic E-state index is 14.6. The number of H-pyrrole nitrogens is 4. The van der Waals surface area contributed by atoms with Crippen LogP contribution in [0.15, 0.2) is 79.8 Å². The summed E-state index contributed by atoms with van der Waals surface area (Å²) in [5.74, 6) is -13.0. The van der Waals surface area contributed by atoms with Gasteiger partial charge in [-0.25, -0.2) is 28.8 Å². The van der Waals surface area contributed by atoms with E-state index in [2.05, 4.69) is 25.9 Å². The number of ketones is 1. The number of aliphatic hydroxyl groups excluding tert-OH is 10. The highest BCUT2D eigenvalue weighted by molar-refractivity contribution is 5.95. The molecule has 3 amide bonds. The predicted octanol–water partition coefficient (Wildman–Crippen LogP) is -3.96. The highest BCUT2D eigenvalue weighted by Crippen LogP contribution is 2.42. The van der Waals surface area contributed by atoms with E-state index in [9.17, 15) is 128 Å². The van der Waals surface area contributed by atoms with E-state index in [1.54, 1.807) is 0 Å². The van der Waals surface area contributed by atoms with Crippen LogP contribution in [0.25, 0.3) is 0 Å². The van der Waals surface area contributed by atoms with E-state index in [0.29, 0.717) is 31.2 Å². The summed E-state index contributed by atoms with van der Waals surface area (Å²) in [6.07, 6.45) is -40.5. The number of esters is 4. The van der Waals surface area contributed by atoms with Gasteiger partial charge >= 0.3 is 47.2 Å². The Morgan fingerprint density at radius 1 is 0.431 bits per heavy atom. The minimum atomic E-state index is -2.04. The average molecular weight is 2050 g/mol. The molecule has 30 atom stereocenters. The number of carbonyl (C=O) groups is 10. The van der Waals surface area contributed by atoms with E-state index in [4.69, 9.17) is 85.3 Å². The van der Waals surface area contributed by atoms with Gasteiger partial charge in [0.25, 0.3) is 22.9 Å². The average Bonchev–Trinajstić information content (AvgIpc) is 0.761. The van der Waals surface area contributed by atoms with Crippen LogP contribution < -0.4 is 38.4 Å². The number of aromatic amines is 4. The first-order chi connectivity index (χ1) is 68.9. The van der Waals surface area contributed by atoms with E-state index < -0.39 is 309 Å². The number of anilines is 1. The Kier molecular flexibility index (Phi) is 41.7. The molecular weight excluding hydrogens is 1920 g/mol. The maximum absolute atomic E-state index is 14.6. The van der Waals surface area contributed by atoms with E-state index in [0.717, 1.165) is 64.9 Å². The molecule has 4 saturated carbocycles.